The van der Waals surface area contributed by atoms with Crippen molar-refractivity contribution >= 4 is 5.97 Å². The predicted octanol–water partition coefficient (Wildman–Crippen LogP) is 5.27. The normalized spacial score (nSPS) is 10.7. The van der Waals surface area contributed by atoms with Crippen LogP contribution in [0.1, 0.15) is 78.1 Å². The second-order valence-electron chi connectivity index (χ2n) is 5.88. The van der Waals surface area contributed by atoms with Crippen LogP contribution in [0.4, 0.5) is 0 Å². The van der Waals surface area contributed by atoms with Gasteiger partial charge in [0.25, 0.3) is 0 Å². The Bertz CT molecular complexity index is 244. The summed E-state index contributed by atoms with van der Waals surface area (Å²) in [5.74, 6) is 0.723. The molecule has 0 fully saturated rings. The van der Waals surface area contributed by atoms with Crippen LogP contribution in [-0.4, -0.2) is 13.1 Å². The number of hydrogen-bond acceptors (Lipinski definition) is 2. The summed E-state index contributed by atoms with van der Waals surface area (Å²) in [7, 11) is 1.45. The van der Waals surface area contributed by atoms with E-state index in [4.69, 9.17) is 0 Å². The molecule has 0 aliphatic carbocycles. The molecular weight excluding hydrogens is 236 g/mol. The average Bonchev–Trinajstić information content (AvgIpc) is 2.36. The summed E-state index contributed by atoms with van der Waals surface area (Å²) >= 11 is 0. The van der Waals surface area contributed by atoms with Crippen molar-refractivity contribution in [3.05, 3.63) is 12.2 Å². The number of ether oxygens (including phenoxy) is 1. The molecule has 0 rings (SSSR count). The Morgan fingerprint density at radius 3 is 2.05 bits per heavy atom. The smallest absolute Gasteiger partial charge is 0.305 e. The molecule has 0 saturated heterocycles. The van der Waals surface area contributed by atoms with Gasteiger partial charge < -0.3 is 4.74 Å². The maximum absolute atomic E-state index is 10.9. The monoisotopic (exact) mass is 268 g/mol. The molecule has 0 aliphatic heterocycles. The lowest BCUT2D eigenvalue weighted by Gasteiger charge is -2.07. The van der Waals surface area contributed by atoms with Gasteiger partial charge in [-0.25, -0.2) is 0 Å². The highest BCUT2D eigenvalue weighted by molar-refractivity contribution is 5.68. The maximum Gasteiger partial charge on any atom is 0.305 e. The highest BCUT2D eigenvalue weighted by Gasteiger charge is 2.00. The zero-order valence-corrected chi connectivity index (χ0v) is 13.2. The van der Waals surface area contributed by atoms with E-state index in [1.54, 1.807) is 0 Å². The molecule has 0 aliphatic rings. The molecule has 0 radical (unpaired) electrons. The lowest BCUT2D eigenvalue weighted by atomic mass is 9.99. The van der Waals surface area contributed by atoms with Crippen molar-refractivity contribution in [1.29, 1.82) is 0 Å². The molecule has 0 aromatic heterocycles. The van der Waals surface area contributed by atoms with Crippen molar-refractivity contribution in [3.63, 3.8) is 0 Å². The van der Waals surface area contributed by atoms with Gasteiger partial charge >= 0.3 is 5.97 Å². The van der Waals surface area contributed by atoms with Gasteiger partial charge in [0.2, 0.25) is 0 Å². The number of rotatable bonds is 12. The number of unbranched alkanes of at least 4 members (excludes halogenated alkanes) is 4. The van der Waals surface area contributed by atoms with E-state index in [2.05, 4.69) is 25.2 Å². The average molecular weight is 268 g/mol. The maximum atomic E-state index is 10.9. The van der Waals surface area contributed by atoms with Crippen molar-refractivity contribution in [3.8, 4) is 0 Å². The highest BCUT2D eigenvalue weighted by atomic mass is 16.5. The van der Waals surface area contributed by atoms with Gasteiger partial charge in [0, 0.05) is 6.42 Å². The minimum absolute atomic E-state index is 0.0847. The highest BCUT2D eigenvalue weighted by Crippen LogP contribution is 2.17. The largest absolute Gasteiger partial charge is 0.469 e. The van der Waals surface area contributed by atoms with Crippen LogP contribution >= 0.6 is 0 Å². The molecule has 0 spiro atoms. The van der Waals surface area contributed by atoms with E-state index < -0.39 is 0 Å². The Morgan fingerprint density at radius 1 is 0.947 bits per heavy atom. The molecular formula is C17H32O2. The first-order valence-electron chi connectivity index (χ1n) is 7.79. The van der Waals surface area contributed by atoms with Crippen molar-refractivity contribution in [1.82, 2.24) is 0 Å². The summed E-state index contributed by atoms with van der Waals surface area (Å²) in [6.45, 7) is 8.71. The van der Waals surface area contributed by atoms with Crippen molar-refractivity contribution in [2.75, 3.05) is 7.11 Å². The summed E-state index contributed by atoms with van der Waals surface area (Å²) in [6.07, 6.45) is 11.4. The molecule has 0 bridgehead atoms. The molecule has 0 atom stereocenters. The molecule has 0 aromatic rings. The standard InChI is InChI=1S/C17H32O2/c1-15(2)11-10-13-16(3)12-8-6-5-7-9-14-17(18)19-4/h15H,3,5-14H2,1-2,4H3. The van der Waals surface area contributed by atoms with Gasteiger partial charge in [-0.15, -0.1) is 0 Å². The Balaban J connectivity index is 3.25. The number of carbonyl (C=O) groups is 1. The van der Waals surface area contributed by atoms with Gasteiger partial charge in [-0.05, 0) is 38.0 Å². The van der Waals surface area contributed by atoms with Crippen LogP contribution < -0.4 is 0 Å². The van der Waals surface area contributed by atoms with Gasteiger partial charge in [0.1, 0.15) is 0 Å². The fraction of sp³-hybridized carbons (Fsp3) is 0.824. The predicted molar refractivity (Wildman–Crippen MR) is 82.2 cm³/mol. The first-order valence-corrected chi connectivity index (χ1v) is 7.79. The first kappa shape index (κ1) is 18.2. The van der Waals surface area contributed by atoms with E-state index in [1.807, 2.05) is 0 Å². The summed E-state index contributed by atoms with van der Waals surface area (Å²) in [6, 6.07) is 0. The number of esters is 1. The van der Waals surface area contributed by atoms with E-state index in [0.29, 0.717) is 6.42 Å². The second-order valence-corrected chi connectivity index (χ2v) is 5.88. The molecule has 0 unspecified atom stereocenters. The molecule has 112 valence electrons. The quantitative estimate of drug-likeness (QED) is 0.274. The molecule has 2 nitrogen and oxygen atoms in total. The molecule has 0 heterocycles. The van der Waals surface area contributed by atoms with Crippen molar-refractivity contribution in [2.45, 2.75) is 78.1 Å². The van der Waals surface area contributed by atoms with E-state index in [1.165, 1.54) is 57.6 Å². The molecule has 0 N–H and O–H groups in total. The lowest BCUT2D eigenvalue weighted by molar-refractivity contribution is -0.140. The third kappa shape index (κ3) is 13.4. The van der Waals surface area contributed by atoms with Crippen LogP contribution in [0.3, 0.4) is 0 Å². The Kier molecular flexibility index (Phi) is 11.7. The van der Waals surface area contributed by atoms with Crippen molar-refractivity contribution < 1.29 is 9.53 Å². The Morgan fingerprint density at radius 2 is 1.47 bits per heavy atom. The fourth-order valence-electron chi connectivity index (χ4n) is 2.16. The number of hydrogen-bond donors (Lipinski definition) is 0. The minimum atomic E-state index is -0.0847. The molecule has 0 amide bonds. The van der Waals surface area contributed by atoms with E-state index >= 15 is 0 Å². The molecule has 0 saturated carbocycles. The van der Waals surface area contributed by atoms with E-state index in [0.717, 1.165) is 18.8 Å². The molecule has 0 aromatic carbocycles. The van der Waals surface area contributed by atoms with E-state index in [9.17, 15) is 4.79 Å². The number of carbonyl (C=O) groups excluding carboxylic acids is 1. The Labute approximate surface area is 119 Å². The topological polar surface area (TPSA) is 26.3 Å². The zero-order chi connectivity index (χ0) is 14.5. The minimum Gasteiger partial charge on any atom is -0.469 e. The SMILES string of the molecule is C=C(CCCCCCCC(=O)OC)CCCC(C)C. The zero-order valence-electron chi connectivity index (χ0n) is 13.2. The van der Waals surface area contributed by atoms with Gasteiger partial charge in [0.15, 0.2) is 0 Å². The first-order chi connectivity index (χ1) is 9.06. The van der Waals surface area contributed by atoms with E-state index in [-0.39, 0.29) is 5.97 Å². The van der Waals surface area contributed by atoms with Crippen LogP contribution in [0, 0.1) is 5.92 Å². The van der Waals surface area contributed by atoms with Gasteiger partial charge in [-0.1, -0.05) is 51.7 Å². The van der Waals surface area contributed by atoms with Crippen LogP contribution in [0.2, 0.25) is 0 Å². The number of methoxy groups -OCH3 is 1. The van der Waals surface area contributed by atoms with Crippen molar-refractivity contribution in [2.24, 2.45) is 5.92 Å². The van der Waals surface area contributed by atoms with Gasteiger partial charge in [-0.2, -0.15) is 0 Å². The third-order valence-electron chi connectivity index (χ3n) is 3.45. The van der Waals surface area contributed by atoms with Crippen LogP contribution in [-0.2, 0) is 9.53 Å². The second kappa shape index (κ2) is 12.3. The van der Waals surface area contributed by atoms with Crippen LogP contribution in [0.25, 0.3) is 0 Å². The summed E-state index contributed by atoms with van der Waals surface area (Å²) in [5.41, 5.74) is 1.41. The molecule has 2 heteroatoms. The summed E-state index contributed by atoms with van der Waals surface area (Å²) in [4.78, 5) is 10.9. The summed E-state index contributed by atoms with van der Waals surface area (Å²) < 4.78 is 4.61. The third-order valence-corrected chi connectivity index (χ3v) is 3.45. The van der Waals surface area contributed by atoms with Gasteiger partial charge in [-0.3, -0.25) is 4.79 Å². The molecule has 19 heavy (non-hydrogen) atoms. The lowest BCUT2D eigenvalue weighted by Crippen LogP contribution is -1.99. The Hall–Kier alpha value is -0.790. The fourth-order valence-corrected chi connectivity index (χ4v) is 2.16. The summed E-state index contributed by atoms with van der Waals surface area (Å²) in [5, 5.41) is 0. The van der Waals surface area contributed by atoms with Gasteiger partial charge in [0.05, 0.1) is 7.11 Å². The van der Waals surface area contributed by atoms with Crippen LogP contribution in [0.5, 0.6) is 0 Å². The number of allylic oxidation sites excluding steroid dienone is 1. The van der Waals surface area contributed by atoms with Crippen LogP contribution in [0.15, 0.2) is 12.2 Å².